The lowest BCUT2D eigenvalue weighted by molar-refractivity contribution is 0.0126. The number of hydrogen-bond donors (Lipinski definition) is 0. The first kappa shape index (κ1) is 22.3. The number of ether oxygens (including phenoxy) is 3. The number of likely N-dealkylation sites (tertiary alicyclic amines) is 1. The van der Waals surface area contributed by atoms with Crippen molar-refractivity contribution in [2.45, 2.75) is 59.2 Å². The van der Waals surface area contributed by atoms with Gasteiger partial charge in [0, 0.05) is 32.5 Å². The number of rotatable bonds is 8. The minimum atomic E-state index is -0.459. The van der Waals surface area contributed by atoms with Gasteiger partial charge >= 0.3 is 6.09 Å². The SMILES string of the molecule is CCN(CC)CCOc1ccc(OC2CCN(C(=O)OC(C)(C)C)CC2)cc1. The van der Waals surface area contributed by atoms with Gasteiger partial charge in [-0.3, -0.25) is 0 Å². The van der Waals surface area contributed by atoms with Crippen molar-refractivity contribution in [1.82, 2.24) is 9.80 Å². The maximum absolute atomic E-state index is 12.1. The lowest BCUT2D eigenvalue weighted by Gasteiger charge is -2.33. The van der Waals surface area contributed by atoms with Gasteiger partial charge in [0.25, 0.3) is 0 Å². The highest BCUT2D eigenvalue weighted by molar-refractivity contribution is 5.68. The van der Waals surface area contributed by atoms with Gasteiger partial charge < -0.3 is 24.0 Å². The van der Waals surface area contributed by atoms with Gasteiger partial charge in [-0.1, -0.05) is 13.8 Å². The van der Waals surface area contributed by atoms with Gasteiger partial charge in [0.1, 0.15) is 29.8 Å². The van der Waals surface area contributed by atoms with E-state index >= 15 is 0 Å². The van der Waals surface area contributed by atoms with Crippen molar-refractivity contribution in [3.63, 3.8) is 0 Å². The van der Waals surface area contributed by atoms with E-state index in [1.54, 1.807) is 4.90 Å². The molecule has 0 bridgehead atoms. The Kier molecular flexibility index (Phi) is 8.42. The zero-order chi connectivity index (χ0) is 20.6. The summed E-state index contributed by atoms with van der Waals surface area (Å²) in [7, 11) is 0. The fourth-order valence-electron chi connectivity index (χ4n) is 3.12. The van der Waals surface area contributed by atoms with Crippen LogP contribution >= 0.6 is 0 Å². The van der Waals surface area contributed by atoms with Crippen LogP contribution in [0.1, 0.15) is 47.5 Å². The van der Waals surface area contributed by atoms with Crippen molar-refractivity contribution < 1.29 is 19.0 Å². The minimum absolute atomic E-state index is 0.119. The number of nitrogens with zero attached hydrogens (tertiary/aromatic N) is 2. The summed E-state index contributed by atoms with van der Waals surface area (Å²) < 4.78 is 17.3. The maximum atomic E-state index is 12.1. The molecule has 158 valence electrons. The molecule has 1 amide bonds. The number of likely N-dealkylation sites (N-methyl/N-ethyl adjacent to an activating group) is 1. The zero-order valence-electron chi connectivity index (χ0n) is 18.1. The van der Waals surface area contributed by atoms with Crippen molar-refractivity contribution in [3.8, 4) is 11.5 Å². The molecule has 0 N–H and O–H groups in total. The van der Waals surface area contributed by atoms with Gasteiger partial charge in [-0.2, -0.15) is 0 Å². The molecule has 0 aliphatic carbocycles. The second-order valence-electron chi connectivity index (χ2n) is 8.13. The third-order valence-corrected chi connectivity index (χ3v) is 4.79. The Balaban J connectivity index is 1.72. The molecule has 0 unspecified atom stereocenters. The predicted octanol–water partition coefficient (Wildman–Crippen LogP) is 4.19. The van der Waals surface area contributed by atoms with Crippen molar-refractivity contribution in [3.05, 3.63) is 24.3 Å². The van der Waals surface area contributed by atoms with Crippen molar-refractivity contribution in [1.29, 1.82) is 0 Å². The van der Waals surface area contributed by atoms with Crippen molar-refractivity contribution in [2.75, 3.05) is 39.3 Å². The van der Waals surface area contributed by atoms with Crippen molar-refractivity contribution >= 4 is 6.09 Å². The molecule has 0 atom stereocenters. The Bertz CT molecular complexity index is 586. The van der Waals surface area contributed by atoms with Gasteiger partial charge in [0.2, 0.25) is 0 Å². The van der Waals surface area contributed by atoms with E-state index in [4.69, 9.17) is 14.2 Å². The van der Waals surface area contributed by atoms with Crippen LogP contribution in [0.3, 0.4) is 0 Å². The van der Waals surface area contributed by atoms with Crippen LogP contribution in [0.4, 0.5) is 4.79 Å². The van der Waals surface area contributed by atoms with Crippen LogP contribution in [0, 0.1) is 0 Å². The highest BCUT2D eigenvalue weighted by Crippen LogP contribution is 2.23. The van der Waals surface area contributed by atoms with Crippen molar-refractivity contribution in [2.24, 2.45) is 0 Å². The fourth-order valence-corrected chi connectivity index (χ4v) is 3.12. The largest absolute Gasteiger partial charge is 0.492 e. The second-order valence-corrected chi connectivity index (χ2v) is 8.13. The summed E-state index contributed by atoms with van der Waals surface area (Å²) in [6.45, 7) is 15.0. The first-order valence-electron chi connectivity index (χ1n) is 10.4. The first-order chi connectivity index (χ1) is 13.3. The molecule has 0 aromatic heterocycles. The molecule has 0 spiro atoms. The smallest absolute Gasteiger partial charge is 0.410 e. The second kappa shape index (κ2) is 10.6. The van der Waals surface area contributed by atoms with Crippen LogP contribution in [0.25, 0.3) is 0 Å². The maximum Gasteiger partial charge on any atom is 0.410 e. The topological polar surface area (TPSA) is 51.2 Å². The normalized spacial score (nSPS) is 15.6. The quantitative estimate of drug-likeness (QED) is 0.664. The molecule has 2 rings (SSSR count). The molecule has 1 aliphatic heterocycles. The van der Waals surface area contributed by atoms with Gasteiger partial charge in [0.15, 0.2) is 0 Å². The molecular formula is C22H36N2O4. The first-order valence-corrected chi connectivity index (χ1v) is 10.4. The standard InChI is InChI=1S/C22H36N2O4/c1-6-23(7-2)16-17-26-18-8-10-19(11-9-18)27-20-12-14-24(15-13-20)21(25)28-22(3,4)5/h8-11,20H,6-7,12-17H2,1-5H3. The number of piperidine rings is 1. The van der Waals surface area contributed by atoms with E-state index in [2.05, 4.69) is 18.7 Å². The van der Waals surface area contributed by atoms with E-state index in [0.717, 1.165) is 44.0 Å². The summed E-state index contributed by atoms with van der Waals surface area (Å²) in [4.78, 5) is 16.2. The fraction of sp³-hybridized carbons (Fsp3) is 0.682. The summed E-state index contributed by atoms with van der Waals surface area (Å²) in [5, 5.41) is 0. The third-order valence-electron chi connectivity index (χ3n) is 4.79. The number of hydrogen-bond acceptors (Lipinski definition) is 5. The van der Waals surface area contributed by atoms with Crippen LogP contribution in [0.5, 0.6) is 11.5 Å². The lowest BCUT2D eigenvalue weighted by Crippen LogP contribution is -2.44. The molecule has 6 heteroatoms. The number of carbonyl (C=O) groups is 1. The van der Waals surface area contributed by atoms with E-state index in [1.807, 2.05) is 45.0 Å². The predicted molar refractivity (Wildman–Crippen MR) is 111 cm³/mol. The van der Waals surface area contributed by atoms with Crippen LogP contribution in [0.2, 0.25) is 0 Å². The minimum Gasteiger partial charge on any atom is -0.492 e. The summed E-state index contributed by atoms with van der Waals surface area (Å²) in [6.07, 6.45) is 1.49. The van der Waals surface area contributed by atoms with Crippen LogP contribution < -0.4 is 9.47 Å². The molecule has 1 aliphatic rings. The number of amides is 1. The summed E-state index contributed by atoms with van der Waals surface area (Å²) in [5.74, 6) is 1.70. The molecule has 1 aromatic carbocycles. The van der Waals surface area contributed by atoms with Crippen LogP contribution in [0.15, 0.2) is 24.3 Å². The average Bonchev–Trinajstić information content (AvgIpc) is 2.66. The highest BCUT2D eigenvalue weighted by Gasteiger charge is 2.27. The molecule has 1 heterocycles. The summed E-state index contributed by atoms with van der Waals surface area (Å²) >= 11 is 0. The third kappa shape index (κ3) is 7.58. The Morgan fingerprint density at radius 1 is 1.07 bits per heavy atom. The van der Waals surface area contributed by atoms with E-state index in [-0.39, 0.29) is 12.2 Å². The monoisotopic (exact) mass is 392 g/mol. The summed E-state index contributed by atoms with van der Waals surface area (Å²) in [5.41, 5.74) is -0.459. The highest BCUT2D eigenvalue weighted by atomic mass is 16.6. The van der Waals surface area contributed by atoms with Gasteiger partial charge in [-0.05, 0) is 58.1 Å². The lowest BCUT2D eigenvalue weighted by atomic mass is 10.1. The Morgan fingerprint density at radius 2 is 1.64 bits per heavy atom. The van der Waals surface area contributed by atoms with Gasteiger partial charge in [0.05, 0.1) is 0 Å². The van der Waals surface area contributed by atoms with Gasteiger partial charge in [-0.15, -0.1) is 0 Å². The molecular weight excluding hydrogens is 356 g/mol. The molecule has 0 saturated carbocycles. The molecule has 1 saturated heterocycles. The number of carbonyl (C=O) groups excluding carboxylic acids is 1. The Labute approximate surface area is 169 Å². The van der Waals surface area contributed by atoms with Crippen LogP contribution in [-0.4, -0.2) is 66.9 Å². The summed E-state index contributed by atoms with van der Waals surface area (Å²) in [6, 6.07) is 7.81. The van der Waals surface area contributed by atoms with Gasteiger partial charge in [-0.25, -0.2) is 4.79 Å². The molecule has 1 fully saturated rings. The van der Waals surface area contributed by atoms with E-state index in [0.29, 0.717) is 19.7 Å². The zero-order valence-corrected chi connectivity index (χ0v) is 18.1. The van der Waals surface area contributed by atoms with E-state index in [1.165, 1.54) is 0 Å². The number of benzene rings is 1. The Hall–Kier alpha value is -1.95. The van der Waals surface area contributed by atoms with E-state index < -0.39 is 5.60 Å². The molecule has 0 radical (unpaired) electrons. The van der Waals surface area contributed by atoms with E-state index in [9.17, 15) is 4.79 Å². The molecule has 6 nitrogen and oxygen atoms in total. The average molecular weight is 393 g/mol. The van der Waals surface area contributed by atoms with Crippen LogP contribution in [-0.2, 0) is 4.74 Å². The Morgan fingerprint density at radius 3 is 2.18 bits per heavy atom. The molecule has 28 heavy (non-hydrogen) atoms. The molecule has 1 aromatic rings.